The van der Waals surface area contributed by atoms with Crippen molar-refractivity contribution in [3.8, 4) is 0 Å². The Morgan fingerprint density at radius 1 is 1.17 bits per heavy atom. The summed E-state index contributed by atoms with van der Waals surface area (Å²) in [4.78, 5) is 29.7. The molecule has 0 aliphatic carbocycles. The molecule has 4 heterocycles. The first kappa shape index (κ1) is 19.1. The maximum absolute atomic E-state index is 11.6. The van der Waals surface area contributed by atoms with Gasteiger partial charge in [0.25, 0.3) is 0 Å². The molecule has 2 N–H and O–H groups in total. The number of fused-ring (bicyclic) bond motifs is 2. The van der Waals surface area contributed by atoms with Crippen LogP contribution in [0.5, 0.6) is 0 Å². The van der Waals surface area contributed by atoms with Gasteiger partial charge in [0.2, 0.25) is 5.95 Å². The highest BCUT2D eigenvalue weighted by Crippen LogP contribution is 2.24. The van der Waals surface area contributed by atoms with E-state index in [0.717, 1.165) is 22.2 Å². The number of nitrogens with one attached hydrogen (secondary N) is 2. The van der Waals surface area contributed by atoms with E-state index in [-0.39, 0.29) is 7.12 Å². The molecule has 5 rings (SSSR count). The van der Waals surface area contributed by atoms with E-state index >= 15 is 0 Å². The molecule has 1 fully saturated rings. The molecule has 1 aromatic carbocycles. The van der Waals surface area contributed by atoms with Gasteiger partial charge in [-0.1, -0.05) is 6.07 Å². The largest absolute Gasteiger partial charge is 0.327 e. The van der Waals surface area contributed by atoms with E-state index in [9.17, 15) is 4.79 Å². The van der Waals surface area contributed by atoms with Gasteiger partial charge in [-0.15, -0.1) is 0 Å². The lowest BCUT2D eigenvalue weighted by molar-refractivity contribution is 0.418. The number of rotatable bonds is 2. The average molecular weight is 393 g/mol. The molecular weight excluding hydrogens is 366 g/mol. The van der Waals surface area contributed by atoms with Crippen molar-refractivity contribution in [3.63, 3.8) is 0 Å². The number of likely N-dealkylation sites (tertiary alicyclic amines) is 1. The summed E-state index contributed by atoms with van der Waals surface area (Å²) in [6.45, 7) is 4.64. The smallest absolute Gasteiger partial charge is 0.324 e. The summed E-state index contributed by atoms with van der Waals surface area (Å²) in [5.41, 5.74) is 3.86. The van der Waals surface area contributed by atoms with Crippen LogP contribution < -0.4 is 11.0 Å². The number of benzene rings is 1. The molecule has 0 unspecified atom stereocenters. The Bertz CT molecular complexity index is 1210. The summed E-state index contributed by atoms with van der Waals surface area (Å²) in [5.74, 6) is 0.436. The number of nitrogens with zero attached hydrogens (tertiary/aromatic N) is 5. The number of aromatic nitrogens is 5. The van der Waals surface area contributed by atoms with Crippen LogP contribution in [0.4, 0.5) is 11.6 Å². The zero-order valence-electron chi connectivity index (χ0n) is 16.9. The summed E-state index contributed by atoms with van der Waals surface area (Å²) in [7, 11) is 3.85. The number of pyridine rings is 1. The van der Waals surface area contributed by atoms with Crippen molar-refractivity contribution in [1.29, 1.82) is 0 Å². The Hall–Kier alpha value is -3.26. The highest BCUT2D eigenvalue weighted by Gasteiger charge is 2.08. The van der Waals surface area contributed by atoms with Gasteiger partial charge in [-0.25, -0.2) is 9.78 Å². The topological polar surface area (TPSA) is 91.7 Å². The Kier molecular flexibility index (Phi) is 5.26. The van der Waals surface area contributed by atoms with E-state index in [1.807, 2.05) is 31.2 Å². The average Bonchev–Trinajstić information content (AvgIpc) is 3.29. The van der Waals surface area contributed by atoms with Crippen LogP contribution in [0.3, 0.4) is 0 Å². The van der Waals surface area contributed by atoms with Crippen LogP contribution in [-0.2, 0) is 7.05 Å². The second kappa shape index (κ2) is 8.00. The first-order valence-corrected chi connectivity index (χ1v) is 9.74. The van der Waals surface area contributed by atoms with E-state index in [2.05, 4.69) is 37.2 Å². The van der Waals surface area contributed by atoms with E-state index in [0.29, 0.717) is 17.1 Å². The summed E-state index contributed by atoms with van der Waals surface area (Å²) < 4.78 is 1.48. The number of hydrogen-bond acceptors (Lipinski definition) is 6. The molecule has 0 spiro atoms. The monoisotopic (exact) mass is 393 g/mol. The number of hydrogen-bond donors (Lipinski definition) is 2. The SMILES string of the molecule is CN1CCCC1.Cc1cc2ncccc2cc1Nc1ncc2c(n1)[nH]c(=O)n2C.[HH]. The Balaban J connectivity index is 0.000000317. The van der Waals surface area contributed by atoms with Gasteiger partial charge in [-0.2, -0.15) is 4.98 Å². The summed E-state index contributed by atoms with van der Waals surface area (Å²) in [6, 6.07) is 7.93. The fourth-order valence-corrected chi connectivity index (χ4v) is 3.42. The maximum atomic E-state index is 11.6. The standard InChI is InChI=1S/C16H14N6O.C5H11N.H2/c1-9-6-12-10(4-3-5-17-12)7-11(9)19-15-18-8-13-14(20-15)21-16(23)22(13)2;1-6-4-2-3-5-6;/h3-8H,1-2H3,(H2,18,19,20,21,23);2-5H2,1H3;1H. The molecule has 0 bridgehead atoms. The van der Waals surface area contributed by atoms with Gasteiger partial charge in [0.1, 0.15) is 5.52 Å². The number of aryl methyl sites for hydroxylation is 2. The van der Waals surface area contributed by atoms with Crippen LogP contribution >= 0.6 is 0 Å². The van der Waals surface area contributed by atoms with Gasteiger partial charge in [0.05, 0.1) is 11.7 Å². The zero-order chi connectivity index (χ0) is 20.4. The van der Waals surface area contributed by atoms with Crippen molar-refractivity contribution < 1.29 is 1.43 Å². The fourth-order valence-electron chi connectivity index (χ4n) is 3.42. The van der Waals surface area contributed by atoms with Crippen LogP contribution in [-0.4, -0.2) is 49.5 Å². The molecule has 0 radical (unpaired) electrons. The summed E-state index contributed by atoms with van der Waals surface area (Å²) in [6.07, 6.45) is 6.23. The normalized spacial score (nSPS) is 14.2. The van der Waals surface area contributed by atoms with E-state index in [1.54, 1.807) is 19.4 Å². The second-order valence-electron chi connectivity index (χ2n) is 7.42. The molecule has 0 saturated carbocycles. The predicted octanol–water partition coefficient (Wildman–Crippen LogP) is 3.21. The Morgan fingerprint density at radius 3 is 2.69 bits per heavy atom. The summed E-state index contributed by atoms with van der Waals surface area (Å²) in [5, 5.41) is 4.24. The van der Waals surface area contributed by atoms with E-state index < -0.39 is 0 Å². The molecule has 4 aromatic rings. The second-order valence-corrected chi connectivity index (χ2v) is 7.42. The molecule has 8 nitrogen and oxygen atoms in total. The van der Waals surface area contributed by atoms with Crippen molar-refractivity contribution >= 4 is 33.7 Å². The minimum Gasteiger partial charge on any atom is -0.324 e. The van der Waals surface area contributed by atoms with Crippen LogP contribution in [0.2, 0.25) is 0 Å². The zero-order valence-corrected chi connectivity index (χ0v) is 16.9. The quantitative estimate of drug-likeness (QED) is 0.543. The number of H-pyrrole nitrogens is 1. The lowest BCUT2D eigenvalue weighted by Gasteiger charge is -2.09. The molecular formula is C21H27N7O. The first-order valence-electron chi connectivity index (χ1n) is 9.74. The summed E-state index contributed by atoms with van der Waals surface area (Å²) >= 11 is 0. The molecule has 0 atom stereocenters. The van der Waals surface area contributed by atoms with Crippen LogP contribution in [0, 0.1) is 6.92 Å². The third kappa shape index (κ3) is 4.12. The van der Waals surface area contributed by atoms with Crippen molar-refractivity contribution in [2.24, 2.45) is 7.05 Å². The fraction of sp³-hybridized carbons (Fsp3) is 0.333. The van der Waals surface area contributed by atoms with Gasteiger partial charge >= 0.3 is 5.69 Å². The molecule has 1 aliphatic rings. The third-order valence-electron chi connectivity index (χ3n) is 5.19. The van der Waals surface area contributed by atoms with Gasteiger partial charge in [0.15, 0.2) is 5.65 Å². The third-order valence-corrected chi connectivity index (χ3v) is 5.19. The molecule has 29 heavy (non-hydrogen) atoms. The van der Waals surface area contributed by atoms with Crippen molar-refractivity contribution in [1.82, 2.24) is 29.4 Å². The van der Waals surface area contributed by atoms with Crippen molar-refractivity contribution in [3.05, 3.63) is 52.7 Å². The van der Waals surface area contributed by atoms with Gasteiger partial charge in [-0.05, 0) is 63.7 Å². The minimum atomic E-state index is -0.209. The number of aromatic amines is 1. The van der Waals surface area contributed by atoms with Crippen LogP contribution in [0.25, 0.3) is 22.1 Å². The van der Waals surface area contributed by atoms with Gasteiger partial charge in [-0.3, -0.25) is 14.5 Å². The van der Waals surface area contributed by atoms with Gasteiger partial charge in [0, 0.05) is 25.7 Å². The van der Waals surface area contributed by atoms with Crippen molar-refractivity contribution in [2.45, 2.75) is 19.8 Å². The minimum absolute atomic E-state index is 0. The molecule has 152 valence electrons. The number of anilines is 2. The van der Waals surface area contributed by atoms with Gasteiger partial charge < -0.3 is 10.2 Å². The molecule has 8 heteroatoms. The Labute approximate surface area is 170 Å². The predicted molar refractivity (Wildman–Crippen MR) is 118 cm³/mol. The van der Waals surface area contributed by atoms with E-state index in [4.69, 9.17) is 0 Å². The first-order chi connectivity index (χ1) is 14.0. The highest BCUT2D eigenvalue weighted by atomic mass is 16.1. The molecule has 1 aliphatic heterocycles. The molecule has 3 aromatic heterocycles. The highest BCUT2D eigenvalue weighted by molar-refractivity contribution is 5.85. The lowest BCUT2D eigenvalue weighted by Crippen LogP contribution is -2.11. The number of imidazole rings is 1. The van der Waals surface area contributed by atoms with E-state index in [1.165, 1.54) is 30.5 Å². The maximum Gasteiger partial charge on any atom is 0.327 e. The molecule has 0 amide bonds. The lowest BCUT2D eigenvalue weighted by atomic mass is 10.1. The molecule has 1 saturated heterocycles. The van der Waals surface area contributed by atoms with Crippen LogP contribution in [0.1, 0.15) is 19.8 Å². The Morgan fingerprint density at radius 2 is 1.97 bits per heavy atom. The van der Waals surface area contributed by atoms with Crippen LogP contribution in [0.15, 0.2) is 41.5 Å². The van der Waals surface area contributed by atoms with Crippen molar-refractivity contribution in [2.75, 3.05) is 25.5 Å².